The Morgan fingerprint density at radius 2 is 1.33 bits per heavy atom. The minimum atomic E-state index is -2.60. The zero-order valence-corrected chi connectivity index (χ0v) is 8.40. The molecule has 0 aliphatic heterocycles. The van der Waals surface area contributed by atoms with E-state index >= 15 is 0 Å². The number of rotatable bonds is 0. The summed E-state index contributed by atoms with van der Waals surface area (Å²) in [6.07, 6.45) is 0. The third-order valence-corrected chi connectivity index (χ3v) is 0. The Morgan fingerprint density at radius 3 is 1.33 bits per heavy atom. The Balaban J connectivity index is -0.00000000750. The van der Waals surface area contributed by atoms with Crippen LogP contribution in [0.3, 0.4) is 0 Å². The Kier molecular flexibility index (Phi) is 26.7. The summed E-state index contributed by atoms with van der Waals surface area (Å²) in [5.41, 5.74) is 0. The van der Waals surface area contributed by atoms with E-state index in [4.69, 9.17) is 14.0 Å². The molecule has 3 nitrogen and oxygen atoms in total. The largest absolute Gasteiger partial charge is 1.00 e. The average Bonchev–Trinajstić information content (AvgIpc) is 0.811. The maximum absolute atomic E-state index is 8.52. The zero-order valence-electron chi connectivity index (χ0n) is 5.64. The molecule has 0 aliphatic rings. The van der Waals surface area contributed by atoms with Crippen LogP contribution in [-0.2, 0) is 0 Å². The second kappa shape index (κ2) is 10.2. The molecular weight excluding hydrogens is 129 g/mol. The van der Waals surface area contributed by atoms with E-state index in [0.717, 1.165) is 0 Å². The molecule has 0 fully saturated rings. The molecule has 0 unspecified atom stereocenters. The van der Waals surface area contributed by atoms with Gasteiger partial charge < -0.3 is 12.2 Å². The molecule has 0 saturated heterocycles. The summed E-state index contributed by atoms with van der Waals surface area (Å²) >= 11 is 0. The molecule has 0 amide bonds. The topological polar surface area (TPSA) is 66.3 Å². The summed E-state index contributed by atoms with van der Waals surface area (Å²) < 4.78 is 24.0. The smallest absolute Gasteiger partial charge is 1.00 e. The van der Waals surface area contributed by atoms with Crippen molar-refractivity contribution in [3.63, 3.8) is 0 Å². The van der Waals surface area contributed by atoms with Crippen molar-refractivity contribution in [3.05, 3.63) is 0 Å². The molecule has 0 aromatic heterocycles. The van der Waals surface area contributed by atoms with Gasteiger partial charge in [0.1, 0.15) is 0 Å². The monoisotopic (exact) mass is 132 g/mol. The summed E-state index contributed by atoms with van der Waals surface area (Å²) in [5, 5.41) is 0. The van der Waals surface area contributed by atoms with Crippen LogP contribution in [0.2, 0.25) is 0 Å². The molecule has 0 spiro atoms. The van der Waals surface area contributed by atoms with E-state index in [1.807, 2.05) is 0 Å². The van der Waals surface area contributed by atoms with Crippen molar-refractivity contribution in [2.45, 2.75) is 0 Å². The molecule has 0 radical (unpaired) electrons. The van der Waals surface area contributed by atoms with Crippen LogP contribution in [0.25, 0.3) is 0 Å². The summed E-state index contributed by atoms with van der Waals surface area (Å²) in [7, 11) is -2.60. The van der Waals surface area contributed by atoms with E-state index in [9.17, 15) is 0 Å². The van der Waals surface area contributed by atoms with Crippen molar-refractivity contribution in [1.29, 1.82) is 0 Å². The quantitative estimate of drug-likeness (QED) is 0.333. The molecule has 0 aliphatic carbocycles. The van der Waals surface area contributed by atoms with Crippen molar-refractivity contribution in [2.75, 3.05) is 0 Å². The molecule has 6 heavy (non-hydrogen) atoms. The summed E-state index contributed by atoms with van der Waals surface area (Å²) in [6, 6.07) is 0. The van der Waals surface area contributed by atoms with Crippen LogP contribution in [0.1, 0.15) is 2.85 Å². The predicted octanol–water partition coefficient (Wildman–Crippen LogP) is -8.70. The molecule has 1 N–H and O–H groups in total. The fourth-order valence-electron chi connectivity index (χ4n) is 0. The van der Waals surface area contributed by atoms with Crippen LogP contribution >= 0.6 is 0 Å². The Labute approximate surface area is 85.7 Å². The second-order valence-electron chi connectivity index (χ2n) is 0.201. The van der Waals surface area contributed by atoms with Gasteiger partial charge in [-0.15, -0.1) is 0 Å². The molecule has 0 heterocycles. The van der Waals surface area contributed by atoms with Crippen LogP contribution in [0.15, 0.2) is 0 Å². The van der Waals surface area contributed by atoms with Gasteiger partial charge in [-0.3, -0.25) is 0 Å². The SMILES string of the molecule is [H-].[H-].[Na+].[Na+].[O-][Cl+2]([O-])O. The van der Waals surface area contributed by atoms with Crippen LogP contribution < -0.4 is 68.4 Å². The van der Waals surface area contributed by atoms with Crippen LogP contribution in [0.4, 0.5) is 0 Å². The van der Waals surface area contributed by atoms with E-state index in [2.05, 4.69) is 0 Å². The third kappa shape index (κ3) is 35.0. The van der Waals surface area contributed by atoms with E-state index in [1.165, 1.54) is 0 Å². The van der Waals surface area contributed by atoms with Gasteiger partial charge in [-0.25, -0.2) is 0 Å². The van der Waals surface area contributed by atoms with Gasteiger partial charge in [0.05, 0.1) is 0 Å². The maximum atomic E-state index is 8.52. The van der Waals surface area contributed by atoms with Crippen molar-refractivity contribution in [3.8, 4) is 0 Å². The predicted molar refractivity (Wildman–Crippen MR) is 4.44 cm³/mol. The van der Waals surface area contributed by atoms with E-state index < -0.39 is 10.8 Å². The zero-order chi connectivity index (χ0) is 3.58. The first-order valence-electron chi connectivity index (χ1n) is 0.478. The minimum absolute atomic E-state index is 0. The molecule has 0 atom stereocenters. The van der Waals surface area contributed by atoms with Gasteiger partial charge in [-0.1, -0.05) is 0 Å². The maximum Gasteiger partial charge on any atom is 1.00 e. The second-order valence-corrected chi connectivity index (χ2v) is 0.603. The molecule has 6 heteroatoms. The van der Waals surface area contributed by atoms with Gasteiger partial charge in [0.25, 0.3) is 10.8 Å². The van der Waals surface area contributed by atoms with Crippen molar-refractivity contribution in [1.82, 2.24) is 0 Å². The molecular formula is H3ClNa2O3. The van der Waals surface area contributed by atoms with Gasteiger partial charge in [-0.05, 0) is 0 Å². The third-order valence-electron chi connectivity index (χ3n) is 0. The van der Waals surface area contributed by atoms with Gasteiger partial charge in [0.15, 0.2) is 0 Å². The van der Waals surface area contributed by atoms with Crippen LogP contribution in [0.5, 0.6) is 0 Å². The molecule has 0 bridgehead atoms. The number of halogens is 1. The normalized spacial score (nSPS) is 6.00. The average molecular weight is 132 g/mol. The molecule has 0 saturated carbocycles. The summed E-state index contributed by atoms with van der Waals surface area (Å²) in [5.74, 6) is 0. The Hall–Kier alpha value is 2.17. The summed E-state index contributed by atoms with van der Waals surface area (Å²) in [4.78, 5) is 0. The first-order chi connectivity index (χ1) is 1.73. The fraction of sp³-hybridized carbons (Fsp3) is 0. The standard InChI is InChI=1S/ClHO3.2Na.2H/c2-1(3)4;;;;/h2H;;;;/q;2*+1;2*-1. The number of hydrogen-bond acceptors (Lipinski definition) is 3. The molecule has 0 aromatic carbocycles. The van der Waals surface area contributed by atoms with E-state index in [-0.39, 0.29) is 62.0 Å². The molecule has 30 valence electrons. The van der Waals surface area contributed by atoms with Gasteiger partial charge in [0.2, 0.25) is 0 Å². The van der Waals surface area contributed by atoms with E-state index in [1.54, 1.807) is 0 Å². The first-order valence-corrected chi connectivity index (χ1v) is 1.43. The van der Waals surface area contributed by atoms with Crippen molar-refractivity contribution >= 4 is 0 Å². The molecule has 0 rings (SSSR count). The van der Waals surface area contributed by atoms with Crippen LogP contribution in [-0.4, -0.2) is 4.66 Å². The van der Waals surface area contributed by atoms with Crippen molar-refractivity contribution in [2.24, 2.45) is 0 Å². The van der Waals surface area contributed by atoms with Crippen molar-refractivity contribution < 1.29 is 86.7 Å². The first kappa shape index (κ1) is 15.7. The number of hydrogen-bond donors (Lipinski definition) is 1. The van der Waals surface area contributed by atoms with Crippen LogP contribution in [0, 0.1) is 10.8 Å². The van der Waals surface area contributed by atoms with E-state index in [0.29, 0.717) is 0 Å². The van der Waals surface area contributed by atoms with Gasteiger partial charge in [0, 0.05) is 4.66 Å². The minimum Gasteiger partial charge on any atom is -1.00 e. The Morgan fingerprint density at radius 1 is 1.33 bits per heavy atom. The van der Waals surface area contributed by atoms with Gasteiger partial charge >= 0.3 is 59.1 Å². The summed E-state index contributed by atoms with van der Waals surface area (Å²) in [6.45, 7) is 0. The van der Waals surface area contributed by atoms with Gasteiger partial charge in [-0.2, -0.15) is 0 Å². The fourth-order valence-corrected chi connectivity index (χ4v) is 0. The molecule has 0 aromatic rings. The Bertz CT molecular complexity index is 20.0.